The van der Waals surface area contributed by atoms with Crippen molar-refractivity contribution in [2.45, 2.75) is 40.2 Å². The molecular weight excluding hydrogens is 286 g/mol. The van der Waals surface area contributed by atoms with E-state index in [0.717, 1.165) is 49.3 Å². The van der Waals surface area contributed by atoms with E-state index in [4.69, 9.17) is 0 Å². The summed E-state index contributed by atoms with van der Waals surface area (Å²) in [4.78, 5) is 14.7. The smallest absolute Gasteiger partial charge is 0.254 e. The molecule has 2 aromatic rings. The molecule has 4 nitrogen and oxygen atoms in total. The second-order valence-electron chi connectivity index (χ2n) is 6.66. The molecule has 0 atom stereocenters. The van der Waals surface area contributed by atoms with Gasteiger partial charge in [0.25, 0.3) is 5.91 Å². The van der Waals surface area contributed by atoms with E-state index in [-0.39, 0.29) is 5.91 Å². The first-order valence-corrected chi connectivity index (χ1v) is 8.40. The van der Waals surface area contributed by atoms with E-state index < -0.39 is 0 Å². The largest absolute Gasteiger partial charge is 0.339 e. The zero-order chi connectivity index (χ0) is 16.4. The molecule has 0 unspecified atom stereocenters. The van der Waals surface area contributed by atoms with Crippen LogP contribution in [0.4, 0.5) is 0 Å². The summed E-state index contributed by atoms with van der Waals surface area (Å²) in [7, 11) is 0. The van der Waals surface area contributed by atoms with Crippen LogP contribution in [0.1, 0.15) is 40.2 Å². The lowest BCUT2D eigenvalue weighted by molar-refractivity contribution is 0.0680. The van der Waals surface area contributed by atoms with E-state index in [9.17, 15) is 4.79 Å². The summed E-state index contributed by atoms with van der Waals surface area (Å²) < 4.78 is 2.11. The second-order valence-corrected chi connectivity index (χ2v) is 6.66. The third kappa shape index (κ3) is 3.46. The average molecular weight is 311 g/mol. The van der Waals surface area contributed by atoms with Crippen LogP contribution < -0.4 is 0 Å². The predicted molar refractivity (Wildman–Crippen MR) is 91.5 cm³/mol. The lowest BCUT2D eigenvalue weighted by Crippen LogP contribution is -2.39. The number of rotatable bonds is 3. The van der Waals surface area contributed by atoms with Gasteiger partial charge in [-0.15, -0.1) is 0 Å². The summed E-state index contributed by atoms with van der Waals surface area (Å²) in [5, 5.41) is 4.55. The standard InChI is InChI=1S/C19H25N3O/c1-14-6-4-5-7-18(14)19(23)21-10-8-17(9-11-21)13-22-16(3)12-15(2)20-22/h4-7,12,17H,8-11,13H2,1-3H3. The number of aryl methyl sites for hydroxylation is 3. The fraction of sp³-hybridized carbons (Fsp3) is 0.474. The van der Waals surface area contributed by atoms with E-state index in [0.29, 0.717) is 5.92 Å². The van der Waals surface area contributed by atoms with E-state index in [2.05, 4.69) is 22.8 Å². The lowest BCUT2D eigenvalue weighted by Gasteiger charge is -2.32. The van der Waals surface area contributed by atoms with Crippen molar-refractivity contribution in [1.82, 2.24) is 14.7 Å². The molecule has 1 aliphatic rings. The topological polar surface area (TPSA) is 38.1 Å². The predicted octanol–water partition coefficient (Wildman–Crippen LogP) is 3.36. The van der Waals surface area contributed by atoms with Crippen molar-refractivity contribution in [1.29, 1.82) is 0 Å². The third-order valence-electron chi connectivity index (χ3n) is 4.81. The fourth-order valence-corrected chi connectivity index (χ4v) is 3.41. The zero-order valence-corrected chi connectivity index (χ0v) is 14.2. The minimum absolute atomic E-state index is 0.174. The number of piperidine rings is 1. The van der Waals surface area contributed by atoms with Crippen LogP contribution in [-0.2, 0) is 6.54 Å². The molecule has 1 amide bonds. The molecule has 1 aromatic heterocycles. The Kier molecular flexibility index (Phi) is 4.51. The Morgan fingerprint density at radius 2 is 1.87 bits per heavy atom. The van der Waals surface area contributed by atoms with Crippen molar-refractivity contribution in [2.75, 3.05) is 13.1 Å². The van der Waals surface area contributed by atoms with Crippen LogP contribution in [0.5, 0.6) is 0 Å². The van der Waals surface area contributed by atoms with Gasteiger partial charge in [-0.25, -0.2) is 0 Å². The van der Waals surface area contributed by atoms with Crippen LogP contribution in [-0.4, -0.2) is 33.7 Å². The normalized spacial score (nSPS) is 15.9. The van der Waals surface area contributed by atoms with Gasteiger partial charge in [0, 0.05) is 30.9 Å². The number of hydrogen-bond donors (Lipinski definition) is 0. The van der Waals surface area contributed by atoms with Gasteiger partial charge < -0.3 is 4.90 Å². The number of benzene rings is 1. The van der Waals surface area contributed by atoms with Crippen LogP contribution in [0.25, 0.3) is 0 Å². The van der Waals surface area contributed by atoms with Crippen LogP contribution in [0.15, 0.2) is 30.3 Å². The average Bonchev–Trinajstić information content (AvgIpc) is 2.85. The van der Waals surface area contributed by atoms with Crippen LogP contribution in [0.3, 0.4) is 0 Å². The molecule has 0 bridgehead atoms. The Hall–Kier alpha value is -2.10. The first-order valence-electron chi connectivity index (χ1n) is 8.40. The highest BCUT2D eigenvalue weighted by atomic mass is 16.2. The Morgan fingerprint density at radius 3 is 2.48 bits per heavy atom. The molecule has 0 radical (unpaired) electrons. The van der Waals surface area contributed by atoms with Crippen molar-refractivity contribution >= 4 is 5.91 Å². The minimum atomic E-state index is 0.174. The number of likely N-dealkylation sites (tertiary alicyclic amines) is 1. The summed E-state index contributed by atoms with van der Waals surface area (Å²) in [6, 6.07) is 9.97. The van der Waals surface area contributed by atoms with Gasteiger partial charge >= 0.3 is 0 Å². The molecule has 0 N–H and O–H groups in total. The molecule has 122 valence electrons. The summed E-state index contributed by atoms with van der Waals surface area (Å²) in [5.41, 5.74) is 4.20. The monoisotopic (exact) mass is 311 g/mol. The number of nitrogens with zero attached hydrogens (tertiary/aromatic N) is 3. The molecule has 1 aromatic carbocycles. The molecule has 1 aliphatic heterocycles. The lowest BCUT2D eigenvalue weighted by atomic mass is 9.96. The van der Waals surface area contributed by atoms with Crippen molar-refractivity contribution < 1.29 is 4.79 Å². The van der Waals surface area contributed by atoms with E-state index in [1.165, 1.54) is 5.69 Å². The van der Waals surface area contributed by atoms with Crippen molar-refractivity contribution in [3.63, 3.8) is 0 Å². The van der Waals surface area contributed by atoms with Crippen molar-refractivity contribution in [2.24, 2.45) is 5.92 Å². The third-order valence-corrected chi connectivity index (χ3v) is 4.81. The molecule has 1 saturated heterocycles. The van der Waals surface area contributed by atoms with Crippen molar-refractivity contribution in [3.8, 4) is 0 Å². The maximum Gasteiger partial charge on any atom is 0.254 e. The molecule has 0 aliphatic carbocycles. The van der Waals surface area contributed by atoms with E-state index in [1.54, 1.807) is 0 Å². The van der Waals surface area contributed by atoms with E-state index in [1.807, 2.05) is 43.0 Å². The first kappa shape index (κ1) is 15.8. The Labute approximate surface area is 138 Å². The highest BCUT2D eigenvalue weighted by molar-refractivity contribution is 5.95. The Bertz CT molecular complexity index is 696. The molecule has 1 fully saturated rings. The molecule has 0 spiro atoms. The van der Waals surface area contributed by atoms with Crippen LogP contribution in [0.2, 0.25) is 0 Å². The minimum Gasteiger partial charge on any atom is -0.339 e. The SMILES string of the molecule is Cc1cc(C)n(CC2CCN(C(=O)c3ccccc3C)CC2)n1. The molecule has 2 heterocycles. The molecule has 0 saturated carbocycles. The maximum atomic E-state index is 12.7. The number of hydrogen-bond acceptors (Lipinski definition) is 2. The molecule has 23 heavy (non-hydrogen) atoms. The van der Waals surface area contributed by atoms with Gasteiger partial charge in [-0.1, -0.05) is 18.2 Å². The van der Waals surface area contributed by atoms with Gasteiger partial charge in [0.2, 0.25) is 0 Å². The summed E-state index contributed by atoms with van der Waals surface area (Å²) in [6.07, 6.45) is 2.10. The number of amides is 1. The van der Waals surface area contributed by atoms with Gasteiger partial charge in [0.1, 0.15) is 0 Å². The van der Waals surface area contributed by atoms with Crippen LogP contribution in [0, 0.1) is 26.7 Å². The van der Waals surface area contributed by atoms with Crippen molar-refractivity contribution in [3.05, 3.63) is 52.8 Å². The number of carbonyl (C=O) groups is 1. The number of carbonyl (C=O) groups excluding carboxylic acids is 1. The molecular formula is C19H25N3O. The van der Waals surface area contributed by atoms with Gasteiger partial charge in [0.15, 0.2) is 0 Å². The highest BCUT2D eigenvalue weighted by Gasteiger charge is 2.25. The van der Waals surface area contributed by atoms with Crippen LogP contribution >= 0.6 is 0 Å². The van der Waals surface area contributed by atoms with Gasteiger partial charge in [-0.05, 0) is 57.2 Å². The van der Waals surface area contributed by atoms with Gasteiger partial charge in [-0.3, -0.25) is 9.48 Å². The first-order chi connectivity index (χ1) is 11.0. The van der Waals surface area contributed by atoms with E-state index >= 15 is 0 Å². The Morgan fingerprint density at radius 1 is 1.17 bits per heavy atom. The summed E-state index contributed by atoms with van der Waals surface area (Å²) in [5.74, 6) is 0.779. The number of aromatic nitrogens is 2. The fourth-order valence-electron chi connectivity index (χ4n) is 3.41. The zero-order valence-electron chi connectivity index (χ0n) is 14.2. The Balaban J connectivity index is 1.59. The van der Waals surface area contributed by atoms with Gasteiger partial charge in [0.05, 0.1) is 5.69 Å². The molecule has 4 heteroatoms. The summed E-state index contributed by atoms with van der Waals surface area (Å²) in [6.45, 7) is 8.80. The highest BCUT2D eigenvalue weighted by Crippen LogP contribution is 2.22. The quantitative estimate of drug-likeness (QED) is 0.872. The molecule has 3 rings (SSSR count). The second kappa shape index (κ2) is 6.57. The maximum absolute atomic E-state index is 12.7. The van der Waals surface area contributed by atoms with Gasteiger partial charge in [-0.2, -0.15) is 5.10 Å². The summed E-state index contributed by atoms with van der Waals surface area (Å²) >= 11 is 0.